The smallest absolute Gasteiger partial charge is 0.128 e. The Balaban J connectivity index is 3.10. The molecular weight excluding hydrogens is 167 g/mol. The van der Waals surface area contributed by atoms with Gasteiger partial charge in [0.15, 0.2) is 0 Å². The van der Waals surface area contributed by atoms with Crippen molar-refractivity contribution in [3.05, 3.63) is 35.1 Å². The molecule has 2 nitrogen and oxygen atoms in total. The molecule has 72 valence electrons. The first kappa shape index (κ1) is 10.2. The van der Waals surface area contributed by atoms with Crippen molar-refractivity contribution >= 4 is 0 Å². The van der Waals surface area contributed by atoms with E-state index in [-0.39, 0.29) is 12.4 Å². The fraction of sp³-hybridized carbons (Fsp3) is 0.400. The average Bonchev–Trinajstić information content (AvgIpc) is 2.02. The number of hydrogen-bond donors (Lipinski definition) is 2. The van der Waals surface area contributed by atoms with E-state index in [1.54, 1.807) is 6.07 Å². The molecule has 1 rings (SSSR count). The Morgan fingerprint density at radius 2 is 2.00 bits per heavy atom. The zero-order valence-corrected chi connectivity index (χ0v) is 7.97. The molecule has 0 aliphatic heterocycles. The Hall–Kier alpha value is -0.930. The fourth-order valence-corrected chi connectivity index (χ4v) is 1.11. The van der Waals surface area contributed by atoms with Gasteiger partial charge in [0.05, 0.1) is 0 Å². The highest BCUT2D eigenvalue weighted by Crippen LogP contribution is 2.19. The number of benzene rings is 1. The predicted molar refractivity (Wildman–Crippen MR) is 51.5 cm³/mol. The minimum atomic E-state index is -0.506. The van der Waals surface area contributed by atoms with Crippen LogP contribution >= 0.6 is 0 Å². The minimum absolute atomic E-state index is 0.219. The second kappa shape index (κ2) is 3.44. The third-order valence-corrected chi connectivity index (χ3v) is 2.02. The molecule has 0 unspecified atom stereocenters. The lowest BCUT2D eigenvalue weighted by Crippen LogP contribution is -2.28. The van der Waals surface area contributed by atoms with E-state index in [4.69, 9.17) is 11.5 Å². The molecule has 0 saturated heterocycles. The molecule has 0 amide bonds. The molecule has 0 saturated carbocycles. The van der Waals surface area contributed by atoms with E-state index < -0.39 is 5.54 Å². The highest BCUT2D eigenvalue weighted by atomic mass is 19.1. The maximum atomic E-state index is 13.2. The van der Waals surface area contributed by atoms with Crippen molar-refractivity contribution in [3.8, 4) is 0 Å². The van der Waals surface area contributed by atoms with Crippen LogP contribution in [0.1, 0.15) is 25.0 Å². The van der Waals surface area contributed by atoms with Gasteiger partial charge in [0.2, 0.25) is 0 Å². The lowest BCUT2D eigenvalue weighted by atomic mass is 9.94. The van der Waals surface area contributed by atoms with Crippen LogP contribution < -0.4 is 11.5 Å². The highest BCUT2D eigenvalue weighted by molar-refractivity contribution is 5.28. The van der Waals surface area contributed by atoms with Gasteiger partial charge in [-0.15, -0.1) is 0 Å². The first-order valence-corrected chi connectivity index (χ1v) is 4.23. The van der Waals surface area contributed by atoms with E-state index in [1.807, 2.05) is 19.9 Å². The molecule has 1 aromatic carbocycles. The lowest BCUT2D eigenvalue weighted by molar-refractivity contribution is 0.540. The molecule has 0 aliphatic rings. The van der Waals surface area contributed by atoms with Gasteiger partial charge in [-0.2, -0.15) is 0 Å². The minimum Gasteiger partial charge on any atom is -0.326 e. The zero-order valence-electron chi connectivity index (χ0n) is 7.97. The number of halogens is 1. The van der Waals surface area contributed by atoms with Crippen molar-refractivity contribution in [3.63, 3.8) is 0 Å². The van der Waals surface area contributed by atoms with Crippen molar-refractivity contribution in [2.45, 2.75) is 25.9 Å². The van der Waals surface area contributed by atoms with Gasteiger partial charge in [-0.3, -0.25) is 0 Å². The van der Waals surface area contributed by atoms with Crippen LogP contribution in [-0.4, -0.2) is 0 Å². The molecule has 0 fully saturated rings. The standard InChI is InChI=1S/C10H15FN2/c1-10(2,13)8-4-3-7(6-12)9(11)5-8/h3-5H,6,12-13H2,1-2H3. The second-order valence-electron chi connectivity index (χ2n) is 3.73. The molecule has 0 aromatic heterocycles. The van der Waals surface area contributed by atoms with Gasteiger partial charge in [0.1, 0.15) is 5.82 Å². The summed E-state index contributed by atoms with van der Waals surface area (Å²) < 4.78 is 13.2. The molecule has 13 heavy (non-hydrogen) atoms. The summed E-state index contributed by atoms with van der Waals surface area (Å²) in [6.45, 7) is 3.89. The largest absolute Gasteiger partial charge is 0.326 e. The molecule has 1 aromatic rings. The van der Waals surface area contributed by atoms with E-state index in [0.29, 0.717) is 5.56 Å². The monoisotopic (exact) mass is 182 g/mol. The van der Waals surface area contributed by atoms with E-state index in [2.05, 4.69) is 0 Å². The summed E-state index contributed by atoms with van der Waals surface area (Å²) in [4.78, 5) is 0. The van der Waals surface area contributed by atoms with Crippen LogP contribution in [0.4, 0.5) is 4.39 Å². The summed E-state index contributed by atoms with van der Waals surface area (Å²) in [6, 6.07) is 4.94. The molecule has 4 N–H and O–H groups in total. The van der Waals surface area contributed by atoms with Gasteiger partial charge in [0, 0.05) is 17.6 Å². The maximum Gasteiger partial charge on any atom is 0.128 e. The maximum absolute atomic E-state index is 13.2. The Morgan fingerprint density at radius 3 is 2.38 bits per heavy atom. The fourth-order valence-electron chi connectivity index (χ4n) is 1.11. The normalized spacial score (nSPS) is 11.8. The Morgan fingerprint density at radius 1 is 1.38 bits per heavy atom. The number of nitrogens with two attached hydrogens (primary N) is 2. The van der Waals surface area contributed by atoms with E-state index >= 15 is 0 Å². The summed E-state index contributed by atoms with van der Waals surface area (Å²) in [5.41, 5.74) is 12.0. The molecule has 0 spiro atoms. The van der Waals surface area contributed by atoms with Crippen molar-refractivity contribution in [2.75, 3.05) is 0 Å². The van der Waals surface area contributed by atoms with Crippen molar-refractivity contribution < 1.29 is 4.39 Å². The number of rotatable bonds is 2. The van der Waals surface area contributed by atoms with Crippen LogP contribution in [0.5, 0.6) is 0 Å². The van der Waals surface area contributed by atoms with Gasteiger partial charge in [0.25, 0.3) is 0 Å². The summed E-state index contributed by atoms with van der Waals surface area (Å²) in [5, 5.41) is 0. The predicted octanol–water partition coefficient (Wildman–Crippen LogP) is 1.48. The van der Waals surface area contributed by atoms with E-state index in [9.17, 15) is 4.39 Å². The van der Waals surface area contributed by atoms with Crippen molar-refractivity contribution in [1.82, 2.24) is 0 Å². The molecule has 0 atom stereocenters. The van der Waals surface area contributed by atoms with Crippen LogP contribution in [0.15, 0.2) is 18.2 Å². The quantitative estimate of drug-likeness (QED) is 0.727. The molecule has 0 heterocycles. The Labute approximate surface area is 77.7 Å². The number of hydrogen-bond acceptors (Lipinski definition) is 2. The van der Waals surface area contributed by atoms with Crippen molar-refractivity contribution in [2.24, 2.45) is 11.5 Å². The second-order valence-corrected chi connectivity index (χ2v) is 3.73. The molecular formula is C10H15FN2. The molecule has 3 heteroatoms. The van der Waals surface area contributed by atoms with Gasteiger partial charge in [-0.05, 0) is 25.5 Å². The summed E-state index contributed by atoms with van der Waals surface area (Å²) in [7, 11) is 0. The van der Waals surface area contributed by atoms with E-state index in [1.165, 1.54) is 6.07 Å². The lowest BCUT2D eigenvalue weighted by Gasteiger charge is -2.19. The SMILES string of the molecule is CC(C)(N)c1ccc(CN)c(F)c1. The third-order valence-electron chi connectivity index (χ3n) is 2.02. The zero-order chi connectivity index (χ0) is 10.1. The summed E-state index contributed by atoms with van der Waals surface area (Å²) >= 11 is 0. The van der Waals surface area contributed by atoms with Crippen LogP contribution in [-0.2, 0) is 12.1 Å². The molecule has 0 bridgehead atoms. The van der Waals surface area contributed by atoms with Gasteiger partial charge >= 0.3 is 0 Å². The first-order valence-electron chi connectivity index (χ1n) is 4.23. The van der Waals surface area contributed by atoms with Crippen LogP contribution in [0.3, 0.4) is 0 Å². The topological polar surface area (TPSA) is 52.0 Å². The van der Waals surface area contributed by atoms with Gasteiger partial charge < -0.3 is 11.5 Å². The molecule has 0 radical (unpaired) electrons. The third kappa shape index (κ3) is 2.26. The Kier molecular flexibility index (Phi) is 2.68. The van der Waals surface area contributed by atoms with Gasteiger partial charge in [-0.25, -0.2) is 4.39 Å². The van der Waals surface area contributed by atoms with Gasteiger partial charge in [-0.1, -0.05) is 12.1 Å². The molecule has 0 aliphatic carbocycles. The van der Waals surface area contributed by atoms with Crippen LogP contribution in [0.25, 0.3) is 0 Å². The van der Waals surface area contributed by atoms with Crippen LogP contribution in [0.2, 0.25) is 0 Å². The summed E-state index contributed by atoms with van der Waals surface area (Å²) in [6.07, 6.45) is 0. The Bertz CT molecular complexity index is 302. The average molecular weight is 182 g/mol. The highest BCUT2D eigenvalue weighted by Gasteiger charge is 2.15. The van der Waals surface area contributed by atoms with Crippen LogP contribution in [0, 0.1) is 5.82 Å². The summed E-state index contributed by atoms with van der Waals surface area (Å²) in [5.74, 6) is -0.279. The first-order chi connectivity index (χ1) is 5.95. The van der Waals surface area contributed by atoms with Crippen molar-refractivity contribution in [1.29, 1.82) is 0 Å². The van der Waals surface area contributed by atoms with E-state index in [0.717, 1.165) is 5.56 Å².